The summed E-state index contributed by atoms with van der Waals surface area (Å²) in [4.78, 5) is 12.7. The predicted octanol–water partition coefficient (Wildman–Crippen LogP) is 3.12. The molecule has 20 heavy (non-hydrogen) atoms. The summed E-state index contributed by atoms with van der Waals surface area (Å²) in [5, 5.41) is 11.1. The maximum absolute atomic E-state index is 10.9. The van der Waals surface area contributed by atoms with Gasteiger partial charge in [0.15, 0.2) is 0 Å². The number of aryl methyl sites for hydroxylation is 1. The van der Waals surface area contributed by atoms with Crippen molar-refractivity contribution in [2.24, 2.45) is 11.7 Å². The molecule has 1 aliphatic heterocycles. The van der Waals surface area contributed by atoms with Gasteiger partial charge in [0.05, 0.1) is 4.92 Å². The SMILES string of the molecule is Cc1cc([N+](=O)[O-])c(Cl)cc1N1CCCC(C(C)N)C1. The third-order valence-electron chi connectivity index (χ3n) is 4.00. The van der Waals surface area contributed by atoms with Crippen LogP contribution >= 0.6 is 11.6 Å². The fraction of sp³-hybridized carbons (Fsp3) is 0.571. The molecule has 110 valence electrons. The first-order valence-electron chi connectivity index (χ1n) is 6.85. The van der Waals surface area contributed by atoms with E-state index in [1.807, 2.05) is 13.8 Å². The molecular formula is C14H20ClN3O2. The van der Waals surface area contributed by atoms with Gasteiger partial charge in [-0.05, 0) is 44.2 Å². The molecule has 1 aromatic carbocycles. The summed E-state index contributed by atoms with van der Waals surface area (Å²) in [6.07, 6.45) is 2.22. The van der Waals surface area contributed by atoms with E-state index in [4.69, 9.17) is 17.3 Å². The maximum Gasteiger partial charge on any atom is 0.288 e. The smallest absolute Gasteiger partial charge is 0.288 e. The van der Waals surface area contributed by atoms with Crippen molar-refractivity contribution in [1.29, 1.82) is 0 Å². The maximum atomic E-state index is 10.9. The van der Waals surface area contributed by atoms with Gasteiger partial charge in [-0.15, -0.1) is 0 Å². The number of hydrogen-bond acceptors (Lipinski definition) is 4. The summed E-state index contributed by atoms with van der Waals surface area (Å²) in [7, 11) is 0. The van der Waals surface area contributed by atoms with Crippen molar-refractivity contribution in [2.45, 2.75) is 32.7 Å². The van der Waals surface area contributed by atoms with Gasteiger partial charge in [0.25, 0.3) is 5.69 Å². The van der Waals surface area contributed by atoms with E-state index in [0.29, 0.717) is 5.92 Å². The van der Waals surface area contributed by atoms with Gasteiger partial charge < -0.3 is 10.6 Å². The van der Waals surface area contributed by atoms with E-state index in [1.54, 1.807) is 12.1 Å². The van der Waals surface area contributed by atoms with Crippen molar-refractivity contribution in [3.63, 3.8) is 0 Å². The third kappa shape index (κ3) is 3.04. The van der Waals surface area contributed by atoms with Gasteiger partial charge in [-0.3, -0.25) is 10.1 Å². The number of rotatable bonds is 3. The van der Waals surface area contributed by atoms with Crippen LogP contribution in [0.1, 0.15) is 25.3 Å². The standard InChI is InChI=1S/C14H20ClN3O2/c1-9-6-14(18(19)20)12(15)7-13(9)17-5-3-4-11(8-17)10(2)16/h6-7,10-11H,3-5,8,16H2,1-2H3. The number of piperidine rings is 1. The molecule has 1 heterocycles. The Hall–Kier alpha value is -1.33. The van der Waals surface area contributed by atoms with Crippen molar-refractivity contribution < 1.29 is 4.92 Å². The first-order valence-corrected chi connectivity index (χ1v) is 7.23. The van der Waals surface area contributed by atoms with Crippen molar-refractivity contribution in [3.8, 4) is 0 Å². The second kappa shape index (κ2) is 5.97. The molecule has 0 radical (unpaired) electrons. The van der Waals surface area contributed by atoms with Gasteiger partial charge >= 0.3 is 0 Å². The summed E-state index contributed by atoms with van der Waals surface area (Å²) in [6, 6.07) is 3.41. The quantitative estimate of drug-likeness (QED) is 0.687. The Kier molecular flexibility index (Phi) is 4.50. The number of halogens is 1. The number of benzene rings is 1. The van der Waals surface area contributed by atoms with Crippen molar-refractivity contribution in [3.05, 3.63) is 32.8 Å². The van der Waals surface area contributed by atoms with Gasteiger partial charge in [0, 0.05) is 30.9 Å². The van der Waals surface area contributed by atoms with E-state index >= 15 is 0 Å². The number of hydrogen-bond donors (Lipinski definition) is 1. The van der Waals surface area contributed by atoms with Gasteiger partial charge in [-0.2, -0.15) is 0 Å². The second-order valence-corrected chi connectivity index (χ2v) is 5.96. The molecule has 6 heteroatoms. The molecule has 2 unspecified atom stereocenters. The molecule has 1 aromatic rings. The molecule has 2 rings (SSSR count). The highest BCUT2D eigenvalue weighted by Gasteiger charge is 2.25. The monoisotopic (exact) mass is 297 g/mol. The molecule has 0 aromatic heterocycles. The van der Waals surface area contributed by atoms with E-state index in [2.05, 4.69) is 4.90 Å². The zero-order valence-electron chi connectivity index (χ0n) is 11.8. The normalized spacial score (nSPS) is 20.8. The molecule has 0 saturated carbocycles. The second-order valence-electron chi connectivity index (χ2n) is 5.55. The predicted molar refractivity (Wildman–Crippen MR) is 81.4 cm³/mol. The van der Waals surface area contributed by atoms with Gasteiger partial charge in [-0.1, -0.05) is 11.6 Å². The highest BCUT2D eigenvalue weighted by molar-refractivity contribution is 6.33. The minimum atomic E-state index is -0.444. The van der Waals surface area contributed by atoms with Gasteiger partial charge in [-0.25, -0.2) is 0 Å². The lowest BCUT2D eigenvalue weighted by Crippen LogP contribution is -2.42. The highest BCUT2D eigenvalue weighted by Crippen LogP contribution is 2.34. The lowest BCUT2D eigenvalue weighted by atomic mass is 9.91. The zero-order valence-corrected chi connectivity index (χ0v) is 12.6. The van der Waals surface area contributed by atoms with E-state index in [1.165, 1.54) is 0 Å². The average Bonchev–Trinajstić information content (AvgIpc) is 2.40. The molecular weight excluding hydrogens is 278 g/mol. The molecule has 5 nitrogen and oxygen atoms in total. The Morgan fingerprint density at radius 3 is 2.85 bits per heavy atom. The van der Waals surface area contributed by atoms with Crippen LogP contribution in [0.4, 0.5) is 11.4 Å². The summed E-state index contributed by atoms with van der Waals surface area (Å²) < 4.78 is 0. The average molecular weight is 298 g/mol. The first kappa shape index (κ1) is 15.1. The first-order chi connectivity index (χ1) is 9.40. The van der Waals surface area contributed by atoms with Crippen LogP contribution in [-0.4, -0.2) is 24.1 Å². The molecule has 0 spiro atoms. The molecule has 0 bridgehead atoms. The highest BCUT2D eigenvalue weighted by atomic mass is 35.5. The topological polar surface area (TPSA) is 72.4 Å². The van der Waals surface area contributed by atoms with Crippen LogP contribution in [0.15, 0.2) is 12.1 Å². The molecule has 0 aliphatic carbocycles. The largest absolute Gasteiger partial charge is 0.371 e. The third-order valence-corrected chi connectivity index (χ3v) is 4.31. The number of nitrogens with two attached hydrogens (primary N) is 1. The van der Waals surface area contributed by atoms with Crippen molar-refractivity contribution in [1.82, 2.24) is 0 Å². The van der Waals surface area contributed by atoms with Crippen LogP contribution < -0.4 is 10.6 Å². The number of nitro benzene ring substituents is 1. The van der Waals surface area contributed by atoms with E-state index in [-0.39, 0.29) is 16.8 Å². The van der Waals surface area contributed by atoms with E-state index < -0.39 is 4.92 Å². The van der Waals surface area contributed by atoms with Crippen LogP contribution in [0.2, 0.25) is 5.02 Å². The fourth-order valence-corrected chi connectivity index (χ4v) is 3.02. The molecule has 1 fully saturated rings. The Labute approximate surface area is 123 Å². The van der Waals surface area contributed by atoms with Crippen LogP contribution in [0.25, 0.3) is 0 Å². The van der Waals surface area contributed by atoms with Gasteiger partial charge in [0.1, 0.15) is 5.02 Å². The van der Waals surface area contributed by atoms with Crippen LogP contribution in [0.5, 0.6) is 0 Å². The van der Waals surface area contributed by atoms with Crippen LogP contribution in [0.3, 0.4) is 0 Å². The number of nitrogens with zero attached hydrogens (tertiary/aromatic N) is 2. The van der Waals surface area contributed by atoms with Crippen molar-refractivity contribution >= 4 is 23.0 Å². The molecule has 0 amide bonds. The summed E-state index contributed by atoms with van der Waals surface area (Å²) in [6.45, 7) is 5.74. The molecule has 1 saturated heterocycles. The number of anilines is 1. The fourth-order valence-electron chi connectivity index (χ4n) is 2.79. The Balaban J connectivity index is 2.28. The molecule has 2 N–H and O–H groups in total. The zero-order chi connectivity index (χ0) is 14.9. The number of nitro groups is 1. The summed E-state index contributed by atoms with van der Waals surface area (Å²) in [5.41, 5.74) is 7.82. The van der Waals surface area contributed by atoms with Crippen molar-refractivity contribution in [2.75, 3.05) is 18.0 Å². The summed E-state index contributed by atoms with van der Waals surface area (Å²) >= 11 is 6.02. The summed E-state index contributed by atoms with van der Waals surface area (Å²) in [5.74, 6) is 0.456. The van der Waals surface area contributed by atoms with Crippen LogP contribution in [-0.2, 0) is 0 Å². The lowest BCUT2D eigenvalue weighted by molar-refractivity contribution is -0.384. The van der Waals surface area contributed by atoms with Crippen LogP contribution in [0, 0.1) is 23.0 Å². The molecule has 2 atom stereocenters. The van der Waals surface area contributed by atoms with Gasteiger partial charge in [0.2, 0.25) is 0 Å². The Morgan fingerprint density at radius 1 is 1.55 bits per heavy atom. The van der Waals surface area contributed by atoms with E-state index in [9.17, 15) is 10.1 Å². The lowest BCUT2D eigenvalue weighted by Gasteiger charge is -2.37. The van der Waals surface area contributed by atoms with E-state index in [0.717, 1.165) is 37.2 Å². The minimum absolute atomic E-state index is 0.0336. The minimum Gasteiger partial charge on any atom is -0.371 e. The Bertz CT molecular complexity index is 519. The Morgan fingerprint density at radius 2 is 2.25 bits per heavy atom. The molecule has 1 aliphatic rings.